The predicted octanol–water partition coefficient (Wildman–Crippen LogP) is 3.17. The van der Waals surface area contributed by atoms with Gasteiger partial charge < -0.3 is 5.32 Å². The van der Waals surface area contributed by atoms with E-state index in [9.17, 15) is 18.8 Å². The number of hydrogen-bond acceptors (Lipinski definition) is 3. The van der Waals surface area contributed by atoms with Crippen molar-refractivity contribution in [2.45, 2.75) is 19.5 Å². The van der Waals surface area contributed by atoms with Gasteiger partial charge in [-0.25, -0.2) is 13.8 Å². The van der Waals surface area contributed by atoms with Gasteiger partial charge in [0.05, 0.1) is 22.6 Å². The third-order valence-corrected chi connectivity index (χ3v) is 5.10. The van der Waals surface area contributed by atoms with Crippen molar-refractivity contribution in [3.05, 3.63) is 111 Å². The monoisotopic (exact) mass is 417 g/mol. The summed E-state index contributed by atoms with van der Waals surface area (Å²) >= 11 is 0. The fraction of sp³-hybridized carbons (Fsp3) is 0.125. The molecule has 1 N–H and O–H groups in total. The van der Waals surface area contributed by atoms with Crippen LogP contribution in [0.1, 0.15) is 18.5 Å². The SMILES string of the molecule is C[C@H](NC(=O)Cn1c(=O)n(-c2cccc(F)c2)c(=O)c2ccccc21)c1ccccc1. The maximum atomic E-state index is 13.8. The lowest BCUT2D eigenvalue weighted by atomic mass is 10.1. The van der Waals surface area contributed by atoms with Crippen LogP contribution in [0.25, 0.3) is 16.6 Å². The number of halogens is 1. The molecule has 0 aliphatic rings. The summed E-state index contributed by atoms with van der Waals surface area (Å²) < 4.78 is 15.9. The zero-order chi connectivity index (χ0) is 22.0. The van der Waals surface area contributed by atoms with Crippen molar-refractivity contribution in [1.29, 1.82) is 0 Å². The molecule has 0 fully saturated rings. The normalized spacial score (nSPS) is 11.9. The van der Waals surface area contributed by atoms with E-state index >= 15 is 0 Å². The Labute approximate surface area is 177 Å². The minimum atomic E-state index is -0.711. The average Bonchev–Trinajstić information content (AvgIpc) is 2.77. The van der Waals surface area contributed by atoms with Gasteiger partial charge in [-0.2, -0.15) is 0 Å². The van der Waals surface area contributed by atoms with Crippen molar-refractivity contribution in [1.82, 2.24) is 14.5 Å². The maximum absolute atomic E-state index is 13.8. The lowest BCUT2D eigenvalue weighted by Crippen LogP contribution is -2.42. The second kappa shape index (κ2) is 8.39. The van der Waals surface area contributed by atoms with E-state index in [0.29, 0.717) is 5.52 Å². The van der Waals surface area contributed by atoms with Crippen LogP contribution in [0.3, 0.4) is 0 Å². The van der Waals surface area contributed by atoms with Crippen LogP contribution in [-0.4, -0.2) is 15.0 Å². The fourth-order valence-corrected chi connectivity index (χ4v) is 3.57. The molecular formula is C24H20FN3O3. The molecule has 3 aromatic carbocycles. The Morgan fingerprint density at radius 3 is 2.42 bits per heavy atom. The molecule has 31 heavy (non-hydrogen) atoms. The van der Waals surface area contributed by atoms with Crippen molar-refractivity contribution in [3.63, 3.8) is 0 Å². The summed E-state index contributed by atoms with van der Waals surface area (Å²) in [7, 11) is 0. The van der Waals surface area contributed by atoms with Crippen LogP contribution < -0.4 is 16.6 Å². The molecule has 156 valence electrons. The number of aromatic nitrogens is 2. The average molecular weight is 417 g/mol. The number of fused-ring (bicyclic) bond motifs is 1. The lowest BCUT2D eigenvalue weighted by Gasteiger charge is -2.17. The maximum Gasteiger partial charge on any atom is 0.336 e. The van der Waals surface area contributed by atoms with Gasteiger partial charge in [0.15, 0.2) is 0 Å². The molecule has 0 unspecified atom stereocenters. The first-order valence-electron chi connectivity index (χ1n) is 9.80. The Morgan fingerprint density at radius 2 is 1.68 bits per heavy atom. The fourth-order valence-electron chi connectivity index (χ4n) is 3.57. The Bertz CT molecular complexity index is 1380. The predicted molar refractivity (Wildman–Crippen MR) is 117 cm³/mol. The summed E-state index contributed by atoms with van der Waals surface area (Å²) in [4.78, 5) is 39.0. The number of para-hydroxylation sites is 1. The minimum Gasteiger partial charge on any atom is -0.348 e. The first kappa shape index (κ1) is 20.3. The zero-order valence-electron chi connectivity index (χ0n) is 16.8. The molecule has 0 saturated heterocycles. The van der Waals surface area contributed by atoms with Crippen LogP contribution in [0.2, 0.25) is 0 Å². The molecule has 4 rings (SSSR count). The van der Waals surface area contributed by atoms with Gasteiger partial charge in [0.1, 0.15) is 12.4 Å². The molecule has 0 aliphatic carbocycles. The number of nitrogens with zero attached hydrogens (tertiary/aromatic N) is 2. The highest BCUT2D eigenvalue weighted by Gasteiger charge is 2.17. The van der Waals surface area contributed by atoms with Crippen LogP contribution in [0.4, 0.5) is 4.39 Å². The summed E-state index contributed by atoms with van der Waals surface area (Å²) in [6, 6.07) is 21.0. The number of carbonyl (C=O) groups excluding carboxylic acids is 1. The number of amides is 1. The summed E-state index contributed by atoms with van der Waals surface area (Å²) in [5, 5.41) is 3.13. The first-order valence-corrected chi connectivity index (χ1v) is 9.80. The number of carbonyl (C=O) groups is 1. The minimum absolute atomic E-state index is 0.104. The van der Waals surface area contributed by atoms with E-state index in [1.54, 1.807) is 24.3 Å². The lowest BCUT2D eigenvalue weighted by molar-refractivity contribution is -0.122. The Balaban J connectivity index is 1.78. The summed E-state index contributed by atoms with van der Waals surface area (Å²) in [6.07, 6.45) is 0. The molecular weight excluding hydrogens is 397 g/mol. The van der Waals surface area contributed by atoms with Gasteiger partial charge in [0.25, 0.3) is 5.56 Å². The van der Waals surface area contributed by atoms with Gasteiger partial charge in [-0.3, -0.25) is 14.2 Å². The quantitative estimate of drug-likeness (QED) is 0.542. The summed E-state index contributed by atoms with van der Waals surface area (Å²) in [5.41, 5.74) is 0.0929. The van der Waals surface area contributed by atoms with Crippen molar-refractivity contribution in [3.8, 4) is 5.69 Å². The van der Waals surface area contributed by atoms with Gasteiger partial charge >= 0.3 is 5.69 Å². The van der Waals surface area contributed by atoms with Crippen molar-refractivity contribution < 1.29 is 9.18 Å². The molecule has 7 heteroatoms. The topological polar surface area (TPSA) is 73.1 Å². The third kappa shape index (κ3) is 4.02. The molecule has 4 aromatic rings. The van der Waals surface area contributed by atoms with Gasteiger partial charge in [0.2, 0.25) is 5.91 Å². The van der Waals surface area contributed by atoms with Crippen LogP contribution in [0, 0.1) is 5.82 Å². The zero-order valence-corrected chi connectivity index (χ0v) is 16.8. The molecule has 1 amide bonds. The second-order valence-electron chi connectivity index (χ2n) is 7.21. The smallest absolute Gasteiger partial charge is 0.336 e. The number of nitrogens with one attached hydrogen (secondary N) is 1. The van der Waals surface area contributed by atoms with Crippen LogP contribution in [0.5, 0.6) is 0 Å². The second-order valence-corrected chi connectivity index (χ2v) is 7.21. The standard InChI is InChI=1S/C24H20FN3O3/c1-16(17-8-3-2-4-9-17)26-22(29)15-27-21-13-6-5-12-20(21)23(30)28(24(27)31)19-11-7-10-18(25)14-19/h2-14,16H,15H2,1H3,(H,26,29)/t16-/m0/s1. The first-order chi connectivity index (χ1) is 15.0. The van der Waals surface area contributed by atoms with Gasteiger partial charge in [-0.15, -0.1) is 0 Å². The molecule has 1 aromatic heterocycles. The van der Waals surface area contributed by atoms with Crippen LogP contribution >= 0.6 is 0 Å². The number of hydrogen-bond donors (Lipinski definition) is 1. The van der Waals surface area contributed by atoms with Crippen molar-refractivity contribution in [2.24, 2.45) is 0 Å². The molecule has 0 saturated carbocycles. The van der Waals surface area contributed by atoms with Crippen LogP contribution in [-0.2, 0) is 11.3 Å². The van der Waals surface area contributed by atoms with E-state index in [1.165, 1.54) is 22.8 Å². The molecule has 0 radical (unpaired) electrons. The van der Waals surface area contributed by atoms with E-state index in [1.807, 2.05) is 37.3 Å². The highest BCUT2D eigenvalue weighted by Crippen LogP contribution is 2.13. The number of rotatable bonds is 5. The van der Waals surface area contributed by atoms with E-state index in [0.717, 1.165) is 16.2 Å². The van der Waals surface area contributed by atoms with Gasteiger partial charge in [-0.1, -0.05) is 48.5 Å². The Kier molecular flexibility index (Phi) is 5.49. The third-order valence-electron chi connectivity index (χ3n) is 5.10. The van der Waals surface area contributed by atoms with E-state index in [-0.39, 0.29) is 29.6 Å². The molecule has 1 heterocycles. The van der Waals surface area contributed by atoms with Crippen molar-refractivity contribution in [2.75, 3.05) is 0 Å². The van der Waals surface area contributed by atoms with E-state index in [2.05, 4.69) is 5.32 Å². The van der Waals surface area contributed by atoms with E-state index in [4.69, 9.17) is 0 Å². The highest BCUT2D eigenvalue weighted by molar-refractivity contribution is 5.82. The summed E-state index contributed by atoms with van der Waals surface area (Å²) in [6.45, 7) is 1.56. The molecule has 1 atom stereocenters. The molecule has 0 spiro atoms. The Morgan fingerprint density at radius 1 is 0.968 bits per heavy atom. The largest absolute Gasteiger partial charge is 0.348 e. The Hall–Kier alpha value is -4.00. The van der Waals surface area contributed by atoms with Gasteiger partial charge in [0, 0.05) is 0 Å². The van der Waals surface area contributed by atoms with E-state index < -0.39 is 17.1 Å². The molecule has 0 bridgehead atoms. The number of benzene rings is 3. The molecule has 6 nitrogen and oxygen atoms in total. The highest BCUT2D eigenvalue weighted by atomic mass is 19.1. The molecule has 0 aliphatic heterocycles. The summed E-state index contributed by atoms with van der Waals surface area (Å²) in [5.74, 6) is -0.953. The van der Waals surface area contributed by atoms with Crippen molar-refractivity contribution >= 4 is 16.8 Å². The van der Waals surface area contributed by atoms with Gasteiger partial charge in [-0.05, 0) is 42.8 Å². The van der Waals surface area contributed by atoms with Crippen LogP contribution in [0.15, 0.2) is 88.5 Å².